The van der Waals surface area contributed by atoms with Gasteiger partial charge in [0.25, 0.3) is 0 Å². The lowest BCUT2D eigenvalue weighted by atomic mass is 10.2. The summed E-state index contributed by atoms with van der Waals surface area (Å²) >= 11 is 0. The third-order valence-corrected chi connectivity index (χ3v) is 4.50. The fourth-order valence-electron chi connectivity index (χ4n) is 3.15. The molecule has 0 bridgehead atoms. The van der Waals surface area contributed by atoms with E-state index in [1.807, 2.05) is 0 Å². The van der Waals surface area contributed by atoms with Crippen molar-refractivity contribution in [1.82, 2.24) is 0 Å². The maximum absolute atomic E-state index is 11.4. The molecule has 1 heterocycles. The molecular weight excluding hydrogens is 220 g/mol. The topological polar surface area (TPSA) is 44.8 Å². The van der Waals surface area contributed by atoms with Crippen molar-refractivity contribution in [2.24, 2.45) is 17.3 Å². The molecule has 1 saturated heterocycles. The molecule has 0 aromatic heterocycles. The quantitative estimate of drug-likeness (QED) is 0.702. The van der Waals surface area contributed by atoms with Gasteiger partial charge < -0.3 is 14.2 Å². The first kappa shape index (κ1) is 11.5. The van der Waals surface area contributed by atoms with Gasteiger partial charge in [-0.15, -0.1) is 0 Å². The Bertz CT molecular complexity index is 311. The molecule has 17 heavy (non-hydrogen) atoms. The van der Waals surface area contributed by atoms with Crippen molar-refractivity contribution in [2.45, 2.75) is 38.4 Å². The van der Waals surface area contributed by atoms with Gasteiger partial charge in [-0.1, -0.05) is 0 Å². The second-order valence-electron chi connectivity index (χ2n) is 5.54. The minimum atomic E-state index is -0.0404. The summed E-state index contributed by atoms with van der Waals surface area (Å²) in [6.07, 6.45) is 5.48. The number of carbonyl (C=O) groups is 1. The van der Waals surface area contributed by atoms with Crippen LogP contribution in [-0.4, -0.2) is 32.6 Å². The minimum absolute atomic E-state index is 0.00303. The van der Waals surface area contributed by atoms with E-state index in [0.29, 0.717) is 5.92 Å². The van der Waals surface area contributed by atoms with E-state index in [1.165, 1.54) is 13.5 Å². The van der Waals surface area contributed by atoms with Crippen molar-refractivity contribution in [3.05, 3.63) is 0 Å². The van der Waals surface area contributed by atoms with E-state index in [-0.39, 0.29) is 23.6 Å². The van der Waals surface area contributed by atoms with Gasteiger partial charge in [0, 0.05) is 6.61 Å². The largest absolute Gasteiger partial charge is 0.469 e. The fourth-order valence-corrected chi connectivity index (χ4v) is 3.15. The van der Waals surface area contributed by atoms with Crippen LogP contribution in [0.1, 0.15) is 32.1 Å². The number of esters is 1. The summed E-state index contributed by atoms with van der Waals surface area (Å²) in [4.78, 5) is 11.4. The van der Waals surface area contributed by atoms with E-state index in [2.05, 4.69) is 0 Å². The fraction of sp³-hybridized carbons (Fsp3) is 0.923. The van der Waals surface area contributed by atoms with Crippen molar-refractivity contribution < 1.29 is 19.0 Å². The number of rotatable bonds is 4. The molecule has 3 unspecified atom stereocenters. The highest BCUT2D eigenvalue weighted by Gasteiger charge is 2.73. The molecule has 4 heteroatoms. The minimum Gasteiger partial charge on any atom is -0.469 e. The molecule has 4 atom stereocenters. The zero-order valence-corrected chi connectivity index (χ0v) is 10.3. The van der Waals surface area contributed by atoms with E-state index in [1.54, 1.807) is 0 Å². The first-order chi connectivity index (χ1) is 8.26. The zero-order valence-electron chi connectivity index (χ0n) is 10.3. The van der Waals surface area contributed by atoms with Crippen molar-refractivity contribution in [3.8, 4) is 0 Å². The Labute approximate surface area is 102 Å². The van der Waals surface area contributed by atoms with E-state index in [4.69, 9.17) is 14.2 Å². The molecule has 4 nitrogen and oxygen atoms in total. The molecule has 96 valence electrons. The molecular formula is C13H20O4. The van der Waals surface area contributed by atoms with E-state index < -0.39 is 0 Å². The highest BCUT2D eigenvalue weighted by molar-refractivity contribution is 5.78. The summed E-state index contributed by atoms with van der Waals surface area (Å²) in [5, 5.41) is 0. The van der Waals surface area contributed by atoms with Crippen molar-refractivity contribution >= 4 is 5.97 Å². The Balaban J connectivity index is 1.40. The molecule has 3 fully saturated rings. The van der Waals surface area contributed by atoms with Gasteiger partial charge in [0.2, 0.25) is 0 Å². The first-order valence-corrected chi connectivity index (χ1v) is 6.57. The lowest BCUT2D eigenvalue weighted by Gasteiger charge is -2.22. The molecule has 2 saturated carbocycles. The number of methoxy groups -OCH3 is 1. The van der Waals surface area contributed by atoms with Gasteiger partial charge in [0.1, 0.15) is 0 Å². The predicted octanol–water partition coefficient (Wildman–Crippen LogP) is 1.73. The van der Waals surface area contributed by atoms with Crippen LogP contribution in [0.4, 0.5) is 0 Å². The lowest BCUT2D eigenvalue weighted by Crippen LogP contribution is -2.23. The third-order valence-electron chi connectivity index (χ3n) is 4.50. The van der Waals surface area contributed by atoms with Crippen molar-refractivity contribution in [3.63, 3.8) is 0 Å². The third kappa shape index (κ3) is 2.08. The second-order valence-corrected chi connectivity index (χ2v) is 5.54. The number of hydrogen-bond acceptors (Lipinski definition) is 4. The lowest BCUT2D eigenvalue weighted by molar-refractivity contribution is -0.165. The van der Waals surface area contributed by atoms with Gasteiger partial charge in [-0.05, 0) is 43.4 Å². The summed E-state index contributed by atoms with van der Waals surface area (Å²) in [7, 11) is 1.47. The molecule has 0 N–H and O–H groups in total. The van der Waals surface area contributed by atoms with Crippen LogP contribution in [0.3, 0.4) is 0 Å². The van der Waals surface area contributed by atoms with E-state index in [0.717, 1.165) is 38.9 Å². The Kier molecular flexibility index (Phi) is 2.87. The molecule has 1 spiro atoms. The Morgan fingerprint density at radius 2 is 2.29 bits per heavy atom. The van der Waals surface area contributed by atoms with E-state index in [9.17, 15) is 4.79 Å². The summed E-state index contributed by atoms with van der Waals surface area (Å²) < 4.78 is 16.1. The molecule has 0 aromatic rings. The normalized spacial score (nSPS) is 43.5. The molecule has 2 aliphatic carbocycles. The second kappa shape index (κ2) is 4.25. The number of hydrogen-bond donors (Lipinski definition) is 0. The predicted molar refractivity (Wildman–Crippen MR) is 60.2 cm³/mol. The Morgan fingerprint density at radius 1 is 1.41 bits per heavy atom. The summed E-state index contributed by atoms with van der Waals surface area (Å²) in [5.74, 6) is 0.659. The van der Waals surface area contributed by atoms with Crippen LogP contribution in [0.5, 0.6) is 0 Å². The Morgan fingerprint density at radius 3 is 3.00 bits per heavy atom. The number of carbonyl (C=O) groups excluding carboxylic acids is 1. The van der Waals surface area contributed by atoms with Crippen LogP contribution in [0.25, 0.3) is 0 Å². The molecule has 0 amide bonds. The van der Waals surface area contributed by atoms with Crippen LogP contribution in [-0.2, 0) is 19.0 Å². The zero-order chi connectivity index (χ0) is 11.9. The summed E-state index contributed by atoms with van der Waals surface area (Å²) in [5.41, 5.74) is 0.252. The van der Waals surface area contributed by atoms with Gasteiger partial charge >= 0.3 is 5.97 Å². The SMILES string of the molecule is COC(=O)C1C[C@@]12CC2COC1CCCCO1. The van der Waals surface area contributed by atoms with Crippen molar-refractivity contribution in [1.29, 1.82) is 0 Å². The smallest absolute Gasteiger partial charge is 0.309 e. The monoisotopic (exact) mass is 240 g/mol. The highest BCUT2D eigenvalue weighted by atomic mass is 16.7. The van der Waals surface area contributed by atoms with Gasteiger partial charge in [-0.25, -0.2) is 0 Å². The van der Waals surface area contributed by atoms with E-state index >= 15 is 0 Å². The maximum atomic E-state index is 11.4. The summed E-state index contributed by atoms with van der Waals surface area (Å²) in [6, 6.07) is 0. The first-order valence-electron chi connectivity index (χ1n) is 6.57. The standard InChI is InChI=1S/C13H20O4/c1-15-12(14)10-7-13(10)6-9(13)8-17-11-4-2-3-5-16-11/h9-11H,2-8H2,1H3/t9?,10?,11?,13-/m1/s1. The molecule has 0 aromatic carbocycles. The summed E-state index contributed by atoms with van der Waals surface area (Å²) in [6.45, 7) is 1.57. The van der Waals surface area contributed by atoms with Gasteiger partial charge in [0.15, 0.2) is 6.29 Å². The van der Waals surface area contributed by atoms with Crippen LogP contribution in [0.2, 0.25) is 0 Å². The molecule has 0 radical (unpaired) electrons. The number of ether oxygens (including phenoxy) is 3. The van der Waals surface area contributed by atoms with Crippen LogP contribution >= 0.6 is 0 Å². The van der Waals surface area contributed by atoms with Gasteiger partial charge in [-0.3, -0.25) is 4.79 Å². The van der Waals surface area contributed by atoms with Gasteiger partial charge in [-0.2, -0.15) is 0 Å². The molecule has 3 rings (SSSR count). The molecule has 1 aliphatic heterocycles. The van der Waals surface area contributed by atoms with Crippen LogP contribution < -0.4 is 0 Å². The average molecular weight is 240 g/mol. The maximum Gasteiger partial charge on any atom is 0.309 e. The van der Waals surface area contributed by atoms with Crippen LogP contribution in [0.15, 0.2) is 0 Å². The highest BCUT2D eigenvalue weighted by Crippen LogP contribution is 2.74. The van der Waals surface area contributed by atoms with Crippen LogP contribution in [0, 0.1) is 17.3 Å². The Hall–Kier alpha value is -0.610. The van der Waals surface area contributed by atoms with Gasteiger partial charge in [0.05, 0.1) is 19.6 Å². The van der Waals surface area contributed by atoms with Crippen molar-refractivity contribution in [2.75, 3.05) is 20.3 Å². The molecule has 3 aliphatic rings. The average Bonchev–Trinajstić information content (AvgIpc) is 3.27.